The lowest BCUT2D eigenvalue weighted by Gasteiger charge is -2.31. The molecule has 0 saturated carbocycles. The van der Waals surface area contributed by atoms with Gasteiger partial charge in [-0.3, -0.25) is 4.90 Å². The summed E-state index contributed by atoms with van der Waals surface area (Å²) in [7, 11) is 0. The quantitative estimate of drug-likeness (QED) is 0.812. The summed E-state index contributed by atoms with van der Waals surface area (Å²) < 4.78 is 0. The highest BCUT2D eigenvalue weighted by Crippen LogP contribution is 2.17. The molecule has 0 aliphatic carbocycles. The fourth-order valence-electron chi connectivity index (χ4n) is 2.13. The molecule has 0 unspecified atom stereocenters. The van der Waals surface area contributed by atoms with Crippen LogP contribution in [0.15, 0.2) is 12.3 Å². The van der Waals surface area contributed by atoms with Crippen molar-refractivity contribution in [1.82, 2.24) is 14.9 Å². The Labute approximate surface area is 100 Å². The highest BCUT2D eigenvalue weighted by molar-refractivity contribution is 6.28. The van der Waals surface area contributed by atoms with E-state index in [0.717, 1.165) is 38.2 Å². The minimum absolute atomic E-state index is 0.279. The van der Waals surface area contributed by atoms with Gasteiger partial charge < -0.3 is 5.11 Å². The Bertz CT molecular complexity index is 348. The normalized spacial score (nSPS) is 22.2. The van der Waals surface area contributed by atoms with Crippen molar-refractivity contribution in [1.29, 1.82) is 0 Å². The van der Waals surface area contributed by atoms with Crippen LogP contribution in [0.1, 0.15) is 18.5 Å². The number of likely N-dealkylation sites (tertiary alicyclic amines) is 1. The second-order valence-corrected chi connectivity index (χ2v) is 4.58. The minimum Gasteiger partial charge on any atom is -0.396 e. The minimum atomic E-state index is 0.279. The molecule has 1 saturated heterocycles. The first-order valence-corrected chi connectivity index (χ1v) is 5.96. The first-order valence-electron chi connectivity index (χ1n) is 5.58. The van der Waals surface area contributed by atoms with E-state index in [1.165, 1.54) is 0 Å². The number of rotatable bonds is 3. The standard InChI is InChI=1S/C11H16ClN3O/c12-11-13-4-3-10(14-11)7-15-5-1-2-9(6-15)8-16/h3-4,9,16H,1-2,5-8H2/t9-/m1/s1. The van der Waals surface area contributed by atoms with Crippen molar-refractivity contribution in [2.24, 2.45) is 5.92 Å². The van der Waals surface area contributed by atoms with Gasteiger partial charge in [0.25, 0.3) is 0 Å². The molecule has 88 valence electrons. The first-order chi connectivity index (χ1) is 7.78. The Hall–Kier alpha value is -0.710. The van der Waals surface area contributed by atoms with E-state index < -0.39 is 0 Å². The fourth-order valence-corrected chi connectivity index (χ4v) is 2.30. The van der Waals surface area contributed by atoms with Crippen molar-refractivity contribution in [2.75, 3.05) is 19.7 Å². The van der Waals surface area contributed by atoms with Crippen molar-refractivity contribution in [3.05, 3.63) is 23.2 Å². The molecular weight excluding hydrogens is 226 g/mol. The maximum Gasteiger partial charge on any atom is 0.222 e. The van der Waals surface area contributed by atoms with E-state index in [4.69, 9.17) is 16.7 Å². The number of nitrogens with zero attached hydrogens (tertiary/aromatic N) is 3. The topological polar surface area (TPSA) is 49.2 Å². The average Bonchev–Trinajstić information content (AvgIpc) is 2.29. The van der Waals surface area contributed by atoms with E-state index in [0.29, 0.717) is 11.2 Å². The van der Waals surface area contributed by atoms with Gasteiger partial charge in [0.1, 0.15) is 0 Å². The first kappa shape index (κ1) is 11.8. The van der Waals surface area contributed by atoms with E-state index >= 15 is 0 Å². The molecule has 1 fully saturated rings. The summed E-state index contributed by atoms with van der Waals surface area (Å²) in [5, 5.41) is 9.44. The van der Waals surface area contributed by atoms with E-state index in [1.54, 1.807) is 6.20 Å². The molecule has 0 bridgehead atoms. The lowest BCUT2D eigenvalue weighted by Crippen LogP contribution is -2.36. The Morgan fingerprint density at radius 3 is 3.19 bits per heavy atom. The lowest BCUT2D eigenvalue weighted by atomic mass is 9.99. The smallest absolute Gasteiger partial charge is 0.222 e. The number of hydrogen-bond donors (Lipinski definition) is 1. The zero-order valence-electron chi connectivity index (χ0n) is 9.14. The molecule has 1 aliphatic heterocycles. The number of aromatic nitrogens is 2. The molecule has 0 aromatic carbocycles. The highest BCUT2D eigenvalue weighted by Gasteiger charge is 2.19. The summed E-state index contributed by atoms with van der Waals surface area (Å²) in [5.74, 6) is 0.408. The zero-order valence-corrected chi connectivity index (χ0v) is 9.90. The van der Waals surface area contributed by atoms with Crippen molar-refractivity contribution in [3.8, 4) is 0 Å². The van der Waals surface area contributed by atoms with Crippen LogP contribution in [0.4, 0.5) is 0 Å². The molecule has 2 rings (SSSR count). The fraction of sp³-hybridized carbons (Fsp3) is 0.636. The molecule has 4 nitrogen and oxygen atoms in total. The number of aliphatic hydroxyl groups is 1. The van der Waals surface area contributed by atoms with Gasteiger partial charge in [0.2, 0.25) is 5.28 Å². The van der Waals surface area contributed by atoms with Gasteiger partial charge in [-0.15, -0.1) is 0 Å². The third kappa shape index (κ3) is 3.14. The van der Waals surface area contributed by atoms with Crippen LogP contribution in [0.3, 0.4) is 0 Å². The summed E-state index contributed by atoms with van der Waals surface area (Å²) in [5.41, 5.74) is 0.943. The van der Waals surface area contributed by atoms with Crippen molar-refractivity contribution >= 4 is 11.6 Å². The van der Waals surface area contributed by atoms with Crippen LogP contribution in [0.25, 0.3) is 0 Å². The van der Waals surface area contributed by atoms with Crippen LogP contribution in [-0.4, -0.2) is 39.7 Å². The van der Waals surface area contributed by atoms with Gasteiger partial charge in [-0.25, -0.2) is 9.97 Å². The number of aliphatic hydroxyl groups excluding tert-OH is 1. The van der Waals surface area contributed by atoms with Crippen LogP contribution in [0.5, 0.6) is 0 Å². The second-order valence-electron chi connectivity index (χ2n) is 4.24. The number of halogens is 1. The van der Waals surface area contributed by atoms with E-state index in [9.17, 15) is 0 Å². The molecule has 0 amide bonds. The molecular formula is C11H16ClN3O. The maximum absolute atomic E-state index is 9.15. The predicted octanol–water partition coefficient (Wildman–Crippen LogP) is 1.33. The molecule has 1 N–H and O–H groups in total. The van der Waals surface area contributed by atoms with Crippen LogP contribution in [0.2, 0.25) is 5.28 Å². The summed E-state index contributed by atoms with van der Waals surface area (Å²) in [6.45, 7) is 3.08. The molecule has 16 heavy (non-hydrogen) atoms. The Balaban J connectivity index is 1.94. The Morgan fingerprint density at radius 1 is 1.56 bits per heavy atom. The monoisotopic (exact) mass is 241 g/mol. The van der Waals surface area contributed by atoms with Gasteiger partial charge in [-0.1, -0.05) is 0 Å². The van der Waals surface area contributed by atoms with E-state index in [2.05, 4.69) is 14.9 Å². The van der Waals surface area contributed by atoms with E-state index in [1.807, 2.05) is 6.07 Å². The number of piperidine rings is 1. The Kier molecular flexibility index (Phi) is 4.09. The molecule has 0 radical (unpaired) electrons. The van der Waals surface area contributed by atoms with Gasteiger partial charge in [-0.05, 0) is 43.0 Å². The maximum atomic E-state index is 9.15. The highest BCUT2D eigenvalue weighted by atomic mass is 35.5. The summed E-state index contributed by atoms with van der Waals surface area (Å²) in [6.07, 6.45) is 3.94. The van der Waals surface area contributed by atoms with Crippen LogP contribution >= 0.6 is 11.6 Å². The summed E-state index contributed by atoms with van der Waals surface area (Å²) in [4.78, 5) is 10.3. The molecule has 1 atom stereocenters. The van der Waals surface area contributed by atoms with Gasteiger partial charge in [0.05, 0.1) is 5.69 Å². The average molecular weight is 242 g/mol. The number of hydrogen-bond acceptors (Lipinski definition) is 4. The van der Waals surface area contributed by atoms with Crippen LogP contribution in [0, 0.1) is 5.92 Å². The van der Waals surface area contributed by atoms with Gasteiger partial charge in [-0.2, -0.15) is 0 Å². The SMILES string of the molecule is OC[C@@H]1CCCN(Cc2ccnc(Cl)n2)C1. The zero-order chi connectivity index (χ0) is 11.4. The molecule has 1 aliphatic rings. The molecule has 1 aromatic heterocycles. The molecule has 1 aromatic rings. The predicted molar refractivity (Wildman–Crippen MR) is 62.1 cm³/mol. The Morgan fingerprint density at radius 2 is 2.44 bits per heavy atom. The van der Waals surface area contributed by atoms with Crippen molar-refractivity contribution < 1.29 is 5.11 Å². The molecule has 5 heteroatoms. The lowest BCUT2D eigenvalue weighted by molar-refractivity contribution is 0.115. The van der Waals surface area contributed by atoms with Crippen molar-refractivity contribution in [2.45, 2.75) is 19.4 Å². The van der Waals surface area contributed by atoms with Crippen LogP contribution < -0.4 is 0 Å². The molecule has 2 heterocycles. The van der Waals surface area contributed by atoms with Crippen molar-refractivity contribution in [3.63, 3.8) is 0 Å². The third-order valence-electron chi connectivity index (χ3n) is 2.93. The summed E-state index contributed by atoms with van der Waals surface area (Å²) in [6, 6.07) is 1.88. The van der Waals surface area contributed by atoms with Crippen LogP contribution in [-0.2, 0) is 6.54 Å². The second kappa shape index (κ2) is 5.57. The third-order valence-corrected chi connectivity index (χ3v) is 3.11. The van der Waals surface area contributed by atoms with E-state index in [-0.39, 0.29) is 6.61 Å². The summed E-state index contributed by atoms with van der Waals surface area (Å²) >= 11 is 5.74. The van der Waals surface area contributed by atoms with Gasteiger partial charge in [0.15, 0.2) is 0 Å². The van der Waals surface area contributed by atoms with Gasteiger partial charge in [0, 0.05) is 25.9 Å². The largest absolute Gasteiger partial charge is 0.396 e. The van der Waals surface area contributed by atoms with Gasteiger partial charge >= 0.3 is 0 Å². The molecule has 0 spiro atoms.